The number of nitrogens with zero attached hydrogens (tertiary/aromatic N) is 1. The molecule has 0 saturated heterocycles. The molecular weight excluding hydrogens is 232 g/mol. The van der Waals surface area contributed by atoms with E-state index in [2.05, 4.69) is 5.32 Å². The Bertz CT molecular complexity index is 469. The van der Waals surface area contributed by atoms with E-state index in [0.717, 1.165) is 0 Å². The molecule has 0 aliphatic carbocycles. The van der Waals surface area contributed by atoms with E-state index in [4.69, 9.17) is 0 Å². The first-order valence-electron chi connectivity index (χ1n) is 5.88. The molecule has 0 aromatic heterocycles. The number of benzene rings is 1. The summed E-state index contributed by atoms with van der Waals surface area (Å²) < 4.78 is 0. The van der Waals surface area contributed by atoms with Crippen LogP contribution in [0, 0.1) is 23.0 Å². The maximum atomic E-state index is 11.9. The Morgan fingerprint density at radius 3 is 2.44 bits per heavy atom. The van der Waals surface area contributed by atoms with Crippen LogP contribution in [0.2, 0.25) is 0 Å². The molecule has 1 rings (SSSR count). The lowest BCUT2D eigenvalue weighted by molar-refractivity contribution is -0.385. The summed E-state index contributed by atoms with van der Waals surface area (Å²) in [4.78, 5) is 22.2. The number of hydrogen-bond acceptors (Lipinski definition) is 3. The van der Waals surface area contributed by atoms with Crippen LogP contribution in [0.25, 0.3) is 0 Å². The predicted octanol–water partition coefficient (Wildman–Crippen LogP) is 2.68. The van der Waals surface area contributed by atoms with Crippen LogP contribution >= 0.6 is 0 Å². The van der Waals surface area contributed by atoms with E-state index in [0.29, 0.717) is 17.0 Å². The summed E-state index contributed by atoms with van der Waals surface area (Å²) in [6.07, 6.45) is 0. The van der Waals surface area contributed by atoms with Crippen molar-refractivity contribution in [2.24, 2.45) is 5.92 Å². The maximum Gasteiger partial charge on any atom is 0.273 e. The third-order valence-corrected chi connectivity index (χ3v) is 3.03. The molecule has 0 spiro atoms. The van der Waals surface area contributed by atoms with Crippen LogP contribution in [0.1, 0.15) is 36.7 Å². The first kappa shape index (κ1) is 14.2. The second kappa shape index (κ2) is 5.62. The smallest absolute Gasteiger partial charge is 0.273 e. The first-order chi connectivity index (χ1) is 8.32. The highest BCUT2D eigenvalue weighted by molar-refractivity contribution is 5.95. The Hall–Kier alpha value is -1.91. The van der Waals surface area contributed by atoms with Crippen molar-refractivity contribution < 1.29 is 9.72 Å². The van der Waals surface area contributed by atoms with Gasteiger partial charge in [0.2, 0.25) is 0 Å². The highest BCUT2D eigenvalue weighted by Gasteiger charge is 2.17. The minimum absolute atomic E-state index is 0.0258. The Labute approximate surface area is 106 Å². The lowest BCUT2D eigenvalue weighted by Crippen LogP contribution is -2.36. The van der Waals surface area contributed by atoms with Gasteiger partial charge in [-0.15, -0.1) is 0 Å². The summed E-state index contributed by atoms with van der Waals surface area (Å²) >= 11 is 0. The highest BCUT2D eigenvalue weighted by Crippen LogP contribution is 2.19. The summed E-state index contributed by atoms with van der Waals surface area (Å²) in [6, 6.07) is 4.54. The average Bonchev–Trinajstić information content (AvgIpc) is 2.28. The molecule has 1 amide bonds. The molecule has 18 heavy (non-hydrogen) atoms. The molecule has 0 aliphatic rings. The van der Waals surface area contributed by atoms with Gasteiger partial charge < -0.3 is 5.32 Å². The average molecular weight is 250 g/mol. The molecule has 0 radical (unpaired) electrons. The van der Waals surface area contributed by atoms with Crippen molar-refractivity contribution in [1.82, 2.24) is 5.32 Å². The molecular formula is C13H18N2O3. The number of carbonyl (C=O) groups excluding carboxylic acids is 1. The predicted molar refractivity (Wildman–Crippen MR) is 69.6 cm³/mol. The van der Waals surface area contributed by atoms with Gasteiger partial charge in [-0.2, -0.15) is 0 Å². The van der Waals surface area contributed by atoms with Crippen molar-refractivity contribution >= 4 is 11.6 Å². The van der Waals surface area contributed by atoms with Gasteiger partial charge in [0.05, 0.1) is 4.92 Å². The van der Waals surface area contributed by atoms with Gasteiger partial charge in [-0.05, 0) is 25.8 Å². The first-order valence-corrected chi connectivity index (χ1v) is 5.88. The minimum atomic E-state index is -0.474. The van der Waals surface area contributed by atoms with E-state index in [1.54, 1.807) is 19.1 Å². The number of nitrogens with one attached hydrogen (secondary N) is 1. The van der Waals surface area contributed by atoms with Crippen LogP contribution in [-0.2, 0) is 0 Å². The number of nitro benzene ring substituents is 1. The van der Waals surface area contributed by atoms with Crippen molar-refractivity contribution in [3.63, 3.8) is 0 Å². The van der Waals surface area contributed by atoms with Crippen molar-refractivity contribution in [2.75, 3.05) is 0 Å². The van der Waals surface area contributed by atoms with Crippen molar-refractivity contribution in [3.05, 3.63) is 39.4 Å². The second-order valence-electron chi connectivity index (χ2n) is 4.76. The summed E-state index contributed by atoms with van der Waals surface area (Å²) in [7, 11) is 0. The van der Waals surface area contributed by atoms with E-state index >= 15 is 0 Å². The van der Waals surface area contributed by atoms with E-state index in [9.17, 15) is 14.9 Å². The zero-order valence-corrected chi connectivity index (χ0v) is 11.1. The standard InChI is InChI=1S/C13H18N2O3/c1-8(2)10(4)14-13(16)11-6-5-9(3)12(7-11)15(17)18/h5-8,10H,1-4H3,(H,14,16)/t10-/m1/s1. The Kier molecular flexibility index (Phi) is 4.42. The molecule has 1 aromatic rings. The zero-order chi connectivity index (χ0) is 13.9. The normalized spacial score (nSPS) is 12.3. The summed E-state index contributed by atoms with van der Waals surface area (Å²) in [5, 5.41) is 13.6. The number of rotatable bonds is 4. The molecule has 0 saturated carbocycles. The highest BCUT2D eigenvalue weighted by atomic mass is 16.6. The molecule has 1 atom stereocenters. The molecule has 0 bridgehead atoms. The van der Waals surface area contributed by atoms with Gasteiger partial charge in [-0.1, -0.05) is 19.9 Å². The second-order valence-corrected chi connectivity index (χ2v) is 4.76. The molecule has 0 fully saturated rings. The third kappa shape index (κ3) is 3.29. The largest absolute Gasteiger partial charge is 0.349 e. The van der Waals surface area contributed by atoms with Gasteiger partial charge in [0.15, 0.2) is 0 Å². The monoisotopic (exact) mass is 250 g/mol. The molecule has 0 unspecified atom stereocenters. The number of hydrogen-bond donors (Lipinski definition) is 1. The summed E-state index contributed by atoms with van der Waals surface area (Å²) in [6.45, 7) is 7.56. The van der Waals surface area contributed by atoms with Crippen LogP contribution in [0.3, 0.4) is 0 Å². The fraction of sp³-hybridized carbons (Fsp3) is 0.462. The van der Waals surface area contributed by atoms with Gasteiger partial charge in [-0.25, -0.2) is 0 Å². The molecule has 0 aliphatic heterocycles. The van der Waals surface area contributed by atoms with Crippen LogP contribution in [0.4, 0.5) is 5.69 Å². The summed E-state index contributed by atoms with van der Waals surface area (Å²) in [5.41, 5.74) is 0.841. The van der Waals surface area contributed by atoms with E-state index in [1.807, 2.05) is 20.8 Å². The molecule has 0 heterocycles. The number of nitro groups is 1. The molecule has 1 N–H and O–H groups in total. The number of aryl methyl sites for hydroxylation is 1. The van der Waals surface area contributed by atoms with Crippen LogP contribution in [0.5, 0.6) is 0 Å². The molecule has 5 nitrogen and oxygen atoms in total. The fourth-order valence-electron chi connectivity index (χ4n) is 1.40. The lowest BCUT2D eigenvalue weighted by atomic mass is 10.1. The Morgan fingerprint density at radius 2 is 1.94 bits per heavy atom. The lowest BCUT2D eigenvalue weighted by Gasteiger charge is -2.17. The quantitative estimate of drug-likeness (QED) is 0.659. The maximum absolute atomic E-state index is 11.9. The van der Waals surface area contributed by atoms with Gasteiger partial charge >= 0.3 is 0 Å². The fourth-order valence-corrected chi connectivity index (χ4v) is 1.40. The summed E-state index contributed by atoms with van der Waals surface area (Å²) in [5.74, 6) is 0.0358. The van der Waals surface area contributed by atoms with Crippen LogP contribution in [-0.4, -0.2) is 16.9 Å². The molecule has 1 aromatic carbocycles. The van der Waals surface area contributed by atoms with Crippen LogP contribution < -0.4 is 5.32 Å². The van der Waals surface area contributed by atoms with Crippen molar-refractivity contribution in [1.29, 1.82) is 0 Å². The van der Waals surface area contributed by atoms with Crippen molar-refractivity contribution in [2.45, 2.75) is 33.7 Å². The zero-order valence-electron chi connectivity index (χ0n) is 11.1. The Morgan fingerprint density at radius 1 is 1.33 bits per heavy atom. The van der Waals surface area contributed by atoms with Crippen LogP contribution in [0.15, 0.2) is 18.2 Å². The van der Waals surface area contributed by atoms with Gasteiger partial charge in [0, 0.05) is 23.2 Å². The van der Waals surface area contributed by atoms with Gasteiger partial charge in [0.25, 0.3) is 11.6 Å². The third-order valence-electron chi connectivity index (χ3n) is 3.03. The Balaban J connectivity index is 2.94. The number of amides is 1. The SMILES string of the molecule is Cc1ccc(C(=O)N[C@H](C)C(C)C)cc1[N+](=O)[O-]. The van der Waals surface area contributed by atoms with E-state index in [1.165, 1.54) is 6.07 Å². The number of carbonyl (C=O) groups is 1. The van der Waals surface area contributed by atoms with Gasteiger partial charge in [-0.3, -0.25) is 14.9 Å². The van der Waals surface area contributed by atoms with Crippen molar-refractivity contribution in [3.8, 4) is 0 Å². The van der Waals surface area contributed by atoms with E-state index < -0.39 is 4.92 Å². The molecule has 98 valence electrons. The minimum Gasteiger partial charge on any atom is -0.349 e. The molecule has 5 heteroatoms. The van der Waals surface area contributed by atoms with E-state index in [-0.39, 0.29) is 17.6 Å². The van der Waals surface area contributed by atoms with Gasteiger partial charge in [0.1, 0.15) is 0 Å². The topological polar surface area (TPSA) is 72.2 Å².